The Bertz CT molecular complexity index is 1090. The molecule has 0 saturated carbocycles. The number of carbonyl (C=O) groups is 1. The zero-order chi connectivity index (χ0) is 22.4. The summed E-state index contributed by atoms with van der Waals surface area (Å²) in [6.07, 6.45) is 2.72. The number of ether oxygens (including phenoxy) is 3. The van der Waals surface area contributed by atoms with Gasteiger partial charge < -0.3 is 18.6 Å². The third kappa shape index (κ3) is 6.05. The lowest BCUT2D eigenvalue weighted by atomic mass is 10.1. The van der Waals surface area contributed by atoms with Crippen molar-refractivity contribution < 1.29 is 36.6 Å². The molecule has 1 heterocycles. The number of benzene rings is 2. The van der Waals surface area contributed by atoms with E-state index in [1.807, 2.05) is 0 Å². The second-order valence-corrected chi connectivity index (χ2v) is 6.52. The van der Waals surface area contributed by atoms with Crippen LogP contribution in [0.4, 0.5) is 13.2 Å². The quantitative estimate of drug-likeness (QED) is 0.287. The molecular formula is C22H16ClF3O5. The van der Waals surface area contributed by atoms with E-state index in [0.29, 0.717) is 17.3 Å². The van der Waals surface area contributed by atoms with E-state index in [2.05, 4.69) is 4.74 Å². The molecule has 0 aliphatic carbocycles. The number of ketones is 1. The number of allylic oxidation sites excluding steroid dienone is 1. The van der Waals surface area contributed by atoms with E-state index in [0.717, 1.165) is 6.07 Å². The Hall–Kier alpha value is -3.39. The first-order valence-electron chi connectivity index (χ1n) is 8.87. The van der Waals surface area contributed by atoms with Gasteiger partial charge in [0, 0.05) is 5.56 Å². The van der Waals surface area contributed by atoms with Crippen molar-refractivity contribution in [3.8, 4) is 17.2 Å². The molecule has 0 N–H and O–H groups in total. The molecule has 5 nitrogen and oxygen atoms in total. The first-order chi connectivity index (χ1) is 14.9. The topological polar surface area (TPSA) is 57.9 Å². The van der Waals surface area contributed by atoms with Gasteiger partial charge in [-0.25, -0.2) is 4.39 Å². The molecule has 0 fully saturated rings. The lowest BCUT2D eigenvalue weighted by Gasteiger charge is -2.10. The van der Waals surface area contributed by atoms with Gasteiger partial charge in [0.05, 0.1) is 12.1 Å². The number of hydrogen-bond donors (Lipinski definition) is 0. The molecule has 1 aromatic heterocycles. The van der Waals surface area contributed by atoms with Crippen molar-refractivity contribution in [1.29, 1.82) is 0 Å². The van der Waals surface area contributed by atoms with E-state index in [4.69, 9.17) is 25.5 Å². The predicted molar refractivity (Wildman–Crippen MR) is 107 cm³/mol. The van der Waals surface area contributed by atoms with Crippen LogP contribution in [0.15, 0.2) is 59.0 Å². The van der Waals surface area contributed by atoms with E-state index in [1.54, 1.807) is 12.1 Å². The normalized spacial score (nSPS) is 11.2. The lowest BCUT2D eigenvalue weighted by Crippen LogP contribution is -2.04. The molecule has 0 unspecified atom stereocenters. The van der Waals surface area contributed by atoms with E-state index in [1.165, 1.54) is 49.6 Å². The average molecular weight is 453 g/mol. The van der Waals surface area contributed by atoms with Crippen LogP contribution in [0.2, 0.25) is 5.02 Å². The minimum Gasteiger partial charge on any atom is -0.493 e. The van der Waals surface area contributed by atoms with Crippen LogP contribution in [0.25, 0.3) is 6.08 Å². The van der Waals surface area contributed by atoms with Crippen LogP contribution in [0, 0.1) is 5.82 Å². The number of halogens is 4. The highest BCUT2D eigenvalue weighted by molar-refractivity contribution is 6.32. The molecule has 3 aromatic rings. The molecule has 0 bridgehead atoms. The fourth-order valence-corrected chi connectivity index (χ4v) is 2.79. The molecule has 3 rings (SSSR count). The molecule has 0 amide bonds. The maximum Gasteiger partial charge on any atom is 0.387 e. The molecule has 0 saturated heterocycles. The summed E-state index contributed by atoms with van der Waals surface area (Å²) in [5.74, 6) is 0.131. The number of furan rings is 1. The summed E-state index contributed by atoms with van der Waals surface area (Å²) in [7, 11) is 1.28. The Morgan fingerprint density at radius 3 is 2.58 bits per heavy atom. The summed E-state index contributed by atoms with van der Waals surface area (Å²) in [4.78, 5) is 12.4. The van der Waals surface area contributed by atoms with Crippen LogP contribution in [0.3, 0.4) is 0 Å². The maximum absolute atomic E-state index is 13.1. The minimum atomic E-state index is -3.01. The largest absolute Gasteiger partial charge is 0.493 e. The molecule has 162 valence electrons. The van der Waals surface area contributed by atoms with Gasteiger partial charge in [-0.15, -0.1) is 0 Å². The second kappa shape index (κ2) is 10.1. The first kappa shape index (κ1) is 22.3. The minimum absolute atomic E-state index is 0.0106. The zero-order valence-electron chi connectivity index (χ0n) is 16.1. The van der Waals surface area contributed by atoms with E-state index in [-0.39, 0.29) is 28.7 Å². The van der Waals surface area contributed by atoms with Gasteiger partial charge in [0.15, 0.2) is 17.3 Å². The number of hydrogen-bond acceptors (Lipinski definition) is 5. The fraction of sp³-hybridized carbons (Fsp3) is 0.136. The van der Waals surface area contributed by atoms with Crippen LogP contribution < -0.4 is 14.2 Å². The van der Waals surface area contributed by atoms with Crippen LogP contribution >= 0.6 is 11.6 Å². The van der Waals surface area contributed by atoms with Crippen molar-refractivity contribution in [2.75, 3.05) is 7.11 Å². The molecule has 31 heavy (non-hydrogen) atoms. The standard InChI is InChI=1S/C22H16ClF3O5/c1-28-21-10-13(2-8-20(21)31-22(25)26)18(27)7-6-15-4-5-16(30-15)12-29-19-9-3-14(24)11-17(19)23/h2-11,22H,12H2,1H3/b7-6+. The number of carbonyl (C=O) groups excluding carboxylic acids is 1. The van der Waals surface area contributed by atoms with Crippen molar-refractivity contribution in [2.24, 2.45) is 0 Å². The monoisotopic (exact) mass is 452 g/mol. The van der Waals surface area contributed by atoms with Gasteiger partial charge in [-0.2, -0.15) is 8.78 Å². The Kier molecular flexibility index (Phi) is 7.25. The van der Waals surface area contributed by atoms with Gasteiger partial charge in [-0.3, -0.25) is 4.79 Å². The fourth-order valence-electron chi connectivity index (χ4n) is 2.57. The molecule has 0 radical (unpaired) electrons. The predicted octanol–water partition coefficient (Wildman–Crippen LogP) is 6.16. The molecule has 9 heteroatoms. The van der Waals surface area contributed by atoms with Crippen LogP contribution in [-0.2, 0) is 6.61 Å². The molecule has 0 atom stereocenters. The average Bonchev–Trinajstić information content (AvgIpc) is 3.19. The number of rotatable bonds is 9. The van der Waals surface area contributed by atoms with Crippen molar-refractivity contribution in [3.05, 3.63) is 82.5 Å². The van der Waals surface area contributed by atoms with Crippen LogP contribution in [0.5, 0.6) is 17.2 Å². The molecule has 0 aliphatic heterocycles. The van der Waals surface area contributed by atoms with Gasteiger partial charge in [0.25, 0.3) is 0 Å². The third-order valence-corrected chi connectivity index (χ3v) is 4.30. The molecule has 0 aliphatic rings. The van der Waals surface area contributed by atoms with Crippen molar-refractivity contribution in [1.82, 2.24) is 0 Å². The summed E-state index contributed by atoms with van der Waals surface area (Å²) < 4.78 is 58.2. The van der Waals surface area contributed by atoms with Gasteiger partial charge in [0.1, 0.15) is 29.7 Å². The van der Waals surface area contributed by atoms with Gasteiger partial charge in [-0.05, 0) is 60.7 Å². The van der Waals surface area contributed by atoms with Crippen LogP contribution in [0.1, 0.15) is 21.9 Å². The zero-order valence-corrected chi connectivity index (χ0v) is 16.9. The van der Waals surface area contributed by atoms with Crippen LogP contribution in [-0.4, -0.2) is 19.5 Å². The Balaban J connectivity index is 1.63. The highest BCUT2D eigenvalue weighted by Crippen LogP contribution is 2.30. The third-order valence-electron chi connectivity index (χ3n) is 4.01. The molecular weight excluding hydrogens is 437 g/mol. The van der Waals surface area contributed by atoms with E-state index >= 15 is 0 Å². The van der Waals surface area contributed by atoms with Crippen molar-refractivity contribution in [2.45, 2.75) is 13.2 Å². The summed E-state index contributed by atoms with van der Waals surface area (Å²) in [6.45, 7) is -2.96. The van der Waals surface area contributed by atoms with E-state index < -0.39 is 18.2 Å². The molecule has 0 spiro atoms. The first-order valence-corrected chi connectivity index (χ1v) is 9.25. The maximum atomic E-state index is 13.1. The van der Waals surface area contributed by atoms with Crippen molar-refractivity contribution >= 4 is 23.5 Å². The lowest BCUT2D eigenvalue weighted by molar-refractivity contribution is -0.0512. The summed E-state index contributed by atoms with van der Waals surface area (Å²) in [5, 5.41) is 0.137. The van der Waals surface area contributed by atoms with Gasteiger partial charge in [0.2, 0.25) is 0 Å². The van der Waals surface area contributed by atoms with Gasteiger partial charge in [-0.1, -0.05) is 11.6 Å². The second-order valence-electron chi connectivity index (χ2n) is 6.11. The number of methoxy groups -OCH3 is 1. The van der Waals surface area contributed by atoms with Crippen molar-refractivity contribution in [3.63, 3.8) is 0 Å². The van der Waals surface area contributed by atoms with E-state index in [9.17, 15) is 18.0 Å². The highest BCUT2D eigenvalue weighted by atomic mass is 35.5. The Morgan fingerprint density at radius 2 is 1.87 bits per heavy atom. The summed E-state index contributed by atoms with van der Waals surface area (Å²) in [5.41, 5.74) is 0.218. The smallest absolute Gasteiger partial charge is 0.387 e. The number of alkyl halides is 2. The summed E-state index contributed by atoms with van der Waals surface area (Å²) in [6, 6.07) is 10.9. The highest BCUT2D eigenvalue weighted by Gasteiger charge is 2.13. The summed E-state index contributed by atoms with van der Waals surface area (Å²) >= 11 is 5.90. The Labute approximate surface area is 180 Å². The van der Waals surface area contributed by atoms with Gasteiger partial charge >= 0.3 is 6.61 Å². The Morgan fingerprint density at radius 1 is 1.10 bits per heavy atom. The SMILES string of the molecule is COc1cc(C(=O)/C=C/c2ccc(COc3ccc(F)cc3Cl)o2)ccc1OC(F)F. The molecule has 2 aromatic carbocycles.